The van der Waals surface area contributed by atoms with Gasteiger partial charge in [0.05, 0.1) is 24.2 Å². The van der Waals surface area contributed by atoms with Crippen molar-refractivity contribution in [1.29, 1.82) is 0 Å². The molecule has 41 heavy (non-hydrogen) atoms. The van der Waals surface area contributed by atoms with Gasteiger partial charge in [-0.25, -0.2) is 9.97 Å². The van der Waals surface area contributed by atoms with Gasteiger partial charge in [-0.2, -0.15) is 4.98 Å². The van der Waals surface area contributed by atoms with Crippen molar-refractivity contribution in [3.63, 3.8) is 0 Å². The van der Waals surface area contributed by atoms with Crippen molar-refractivity contribution in [3.05, 3.63) is 61.6 Å². The van der Waals surface area contributed by atoms with Crippen LogP contribution in [0.4, 0.5) is 23.0 Å². The number of fused-ring (bicyclic) bond motifs is 1. The molecule has 2 aromatic heterocycles. The van der Waals surface area contributed by atoms with Crippen LogP contribution >= 0.6 is 0 Å². The highest BCUT2D eigenvalue weighted by Crippen LogP contribution is 2.41. The quantitative estimate of drug-likeness (QED) is 0.258. The number of benzene rings is 2. The van der Waals surface area contributed by atoms with Crippen molar-refractivity contribution in [3.8, 4) is 17.1 Å². The summed E-state index contributed by atoms with van der Waals surface area (Å²) in [5.74, 6) is 1.29. The van der Waals surface area contributed by atoms with Gasteiger partial charge in [0.1, 0.15) is 12.1 Å². The molecular weight excluding hydrogens is 516 g/mol. The smallest absolute Gasteiger partial charge is 0.247 e. The fourth-order valence-electron chi connectivity index (χ4n) is 5.70. The Labute approximate surface area is 240 Å². The number of nitrogens with zero attached hydrogens (tertiary/aromatic N) is 6. The molecule has 10 nitrogen and oxygen atoms in total. The third-order valence-corrected chi connectivity index (χ3v) is 8.07. The molecule has 4 aromatic rings. The van der Waals surface area contributed by atoms with E-state index in [-0.39, 0.29) is 5.91 Å². The minimum absolute atomic E-state index is 0.289. The second-order valence-corrected chi connectivity index (χ2v) is 10.9. The average molecular weight is 553 g/mol. The predicted molar refractivity (Wildman–Crippen MR) is 163 cm³/mol. The summed E-state index contributed by atoms with van der Waals surface area (Å²) in [4.78, 5) is 30.6. The number of anilines is 4. The number of likely N-dealkylation sites (N-methyl/N-ethyl adjacent to an activating group) is 2. The van der Waals surface area contributed by atoms with Crippen molar-refractivity contribution >= 4 is 39.8 Å². The molecule has 10 heteroatoms. The zero-order chi connectivity index (χ0) is 28.5. The largest absolute Gasteiger partial charge is 0.494 e. The molecule has 2 N–H and O–H groups in total. The Morgan fingerprint density at radius 1 is 1.20 bits per heavy atom. The van der Waals surface area contributed by atoms with Crippen molar-refractivity contribution in [2.45, 2.75) is 37.8 Å². The van der Waals surface area contributed by atoms with Gasteiger partial charge in [-0.3, -0.25) is 4.79 Å². The average Bonchev–Trinajstić information content (AvgIpc) is 3.64. The predicted octanol–water partition coefficient (Wildman–Crippen LogP) is 5.24. The summed E-state index contributed by atoms with van der Waals surface area (Å²) in [5.41, 5.74) is 4.28. The van der Waals surface area contributed by atoms with Crippen LogP contribution in [0.3, 0.4) is 0 Å². The Kier molecular flexibility index (Phi) is 7.32. The van der Waals surface area contributed by atoms with Gasteiger partial charge in [0, 0.05) is 54.4 Å². The lowest BCUT2D eigenvalue weighted by molar-refractivity contribution is -0.111. The molecular formula is C31H36N8O2. The fourth-order valence-corrected chi connectivity index (χ4v) is 5.70. The first kappa shape index (κ1) is 26.8. The van der Waals surface area contributed by atoms with E-state index in [1.807, 2.05) is 25.2 Å². The Morgan fingerprint density at radius 3 is 2.76 bits per heavy atom. The van der Waals surface area contributed by atoms with Crippen LogP contribution in [0.2, 0.25) is 0 Å². The summed E-state index contributed by atoms with van der Waals surface area (Å²) >= 11 is 0. The molecule has 2 fully saturated rings. The zero-order valence-electron chi connectivity index (χ0n) is 23.8. The van der Waals surface area contributed by atoms with Gasteiger partial charge in [0.15, 0.2) is 5.82 Å². The third-order valence-electron chi connectivity index (χ3n) is 8.07. The van der Waals surface area contributed by atoms with Crippen molar-refractivity contribution in [2.75, 3.05) is 49.8 Å². The highest BCUT2D eigenvalue weighted by molar-refractivity contribution is 6.02. The van der Waals surface area contributed by atoms with Crippen molar-refractivity contribution in [1.82, 2.24) is 24.4 Å². The second kappa shape index (κ2) is 11.2. The summed E-state index contributed by atoms with van der Waals surface area (Å²) in [6.07, 6.45) is 9.65. The van der Waals surface area contributed by atoms with E-state index in [4.69, 9.17) is 9.72 Å². The number of likely N-dealkylation sites (tertiary alicyclic amines) is 1. The van der Waals surface area contributed by atoms with Crippen LogP contribution in [0.1, 0.15) is 31.7 Å². The second-order valence-electron chi connectivity index (χ2n) is 10.9. The normalized spacial score (nSPS) is 17.0. The number of nitrogens with one attached hydrogen (secondary N) is 2. The lowest BCUT2D eigenvalue weighted by atomic mass is 10.1. The summed E-state index contributed by atoms with van der Waals surface area (Å²) < 4.78 is 8.12. The van der Waals surface area contributed by atoms with Gasteiger partial charge in [0.2, 0.25) is 11.9 Å². The van der Waals surface area contributed by atoms with E-state index < -0.39 is 0 Å². The molecule has 1 aliphatic carbocycles. The molecule has 1 atom stereocenters. The van der Waals surface area contributed by atoms with E-state index in [9.17, 15) is 4.79 Å². The fraction of sp³-hybridized carbons (Fsp3) is 0.355. The third kappa shape index (κ3) is 5.47. The minimum atomic E-state index is -0.289. The number of hydrogen-bond donors (Lipinski definition) is 2. The molecule has 1 unspecified atom stereocenters. The number of aromatic nitrogens is 4. The van der Waals surface area contributed by atoms with Crippen LogP contribution in [0, 0.1) is 0 Å². The van der Waals surface area contributed by atoms with E-state index in [1.54, 1.807) is 7.11 Å². The zero-order valence-corrected chi connectivity index (χ0v) is 23.8. The molecule has 1 aliphatic heterocycles. The number of methoxy groups -OCH3 is 1. The number of carbonyl (C=O) groups is 1. The molecule has 0 radical (unpaired) electrons. The van der Waals surface area contributed by atoms with Crippen molar-refractivity contribution in [2.24, 2.45) is 0 Å². The van der Waals surface area contributed by atoms with E-state index in [1.165, 1.54) is 37.2 Å². The number of amides is 1. The van der Waals surface area contributed by atoms with Crippen LogP contribution in [0.15, 0.2) is 61.6 Å². The van der Waals surface area contributed by atoms with Crippen LogP contribution in [-0.4, -0.2) is 70.7 Å². The maximum atomic E-state index is 12.4. The van der Waals surface area contributed by atoms with Gasteiger partial charge in [0.25, 0.3) is 0 Å². The Morgan fingerprint density at radius 2 is 2.02 bits per heavy atom. The molecule has 6 rings (SSSR count). The molecule has 212 valence electrons. The van der Waals surface area contributed by atoms with Gasteiger partial charge in [-0.1, -0.05) is 24.8 Å². The van der Waals surface area contributed by atoms with Crippen molar-refractivity contribution < 1.29 is 9.53 Å². The van der Waals surface area contributed by atoms with Gasteiger partial charge in [-0.05, 0) is 57.5 Å². The van der Waals surface area contributed by atoms with Crippen LogP contribution in [0.25, 0.3) is 22.3 Å². The molecule has 2 aromatic carbocycles. The SMILES string of the molecule is C=CC(=O)Nc1cc(Nc2ncnc(-c3cn(C4CC4)c4ccccc34)n2)c(OC)cc1N(C)CC1CCCN1C. The number of rotatable bonds is 10. The number of carbonyl (C=O) groups excluding carboxylic acids is 1. The lowest BCUT2D eigenvalue weighted by Gasteiger charge is -2.29. The highest BCUT2D eigenvalue weighted by Gasteiger charge is 2.27. The Hall–Kier alpha value is -4.44. The summed E-state index contributed by atoms with van der Waals surface area (Å²) in [5, 5.41) is 7.39. The molecule has 2 aliphatic rings. The van der Waals surface area contributed by atoms with E-state index in [0.717, 1.165) is 36.1 Å². The number of ether oxygens (including phenoxy) is 1. The molecule has 1 saturated heterocycles. The maximum absolute atomic E-state index is 12.4. The molecule has 0 bridgehead atoms. The topological polar surface area (TPSA) is 100 Å². The number of hydrogen-bond acceptors (Lipinski definition) is 8. The first-order chi connectivity index (χ1) is 19.9. The van der Waals surface area contributed by atoms with E-state index in [0.29, 0.717) is 41.0 Å². The summed E-state index contributed by atoms with van der Waals surface area (Å²) in [7, 11) is 5.82. The molecule has 3 heterocycles. The maximum Gasteiger partial charge on any atom is 0.247 e. The number of para-hydroxylation sites is 1. The van der Waals surface area contributed by atoms with Crippen LogP contribution in [-0.2, 0) is 4.79 Å². The summed E-state index contributed by atoms with van der Waals surface area (Å²) in [6, 6.07) is 13.1. The molecule has 0 spiro atoms. The first-order valence-electron chi connectivity index (χ1n) is 14.1. The standard InChI is InChI=1S/C31H36N8O2/c1-5-29(40)34-24-15-25(28(41-4)16-27(24)38(3)17-21-9-8-14-37(21)2)35-31-33-19-32-30(36-31)23-18-39(20-12-13-20)26-11-7-6-10-22(23)26/h5-7,10-11,15-16,18-21H,1,8-9,12-14,17H2,2-4H3,(H,34,40)(H,32,33,35,36). The lowest BCUT2D eigenvalue weighted by Crippen LogP contribution is -2.37. The molecule has 1 amide bonds. The molecule has 1 saturated carbocycles. The van der Waals surface area contributed by atoms with E-state index >= 15 is 0 Å². The first-order valence-corrected chi connectivity index (χ1v) is 14.1. The monoisotopic (exact) mass is 552 g/mol. The van der Waals surface area contributed by atoms with E-state index in [2.05, 4.69) is 73.0 Å². The van der Waals surface area contributed by atoms with Crippen LogP contribution < -0.4 is 20.3 Å². The van der Waals surface area contributed by atoms with Crippen LogP contribution in [0.5, 0.6) is 5.75 Å². The highest BCUT2D eigenvalue weighted by atomic mass is 16.5. The van der Waals surface area contributed by atoms with Gasteiger partial charge in [-0.15, -0.1) is 0 Å². The minimum Gasteiger partial charge on any atom is -0.494 e. The Balaban J connectivity index is 1.33. The Bertz CT molecular complexity index is 1590. The van der Waals surface area contributed by atoms with Gasteiger partial charge < -0.3 is 29.7 Å². The van der Waals surface area contributed by atoms with Gasteiger partial charge >= 0.3 is 0 Å². The summed E-state index contributed by atoms with van der Waals surface area (Å²) in [6.45, 7) is 5.55.